The number of carbonyl (C=O) groups excluding carboxylic acids is 1. The first-order valence-corrected chi connectivity index (χ1v) is 7.22. The van der Waals surface area contributed by atoms with Crippen LogP contribution >= 0.6 is 0 Å². The topological polar surface area (TPSA) is 128 Å². The van der Waals surface area contributed by atoms with Crippen molar-refractivity contribution in [2.24, 2.45) is 5.92 Å². The molecule has 0 radical (unpaired) electrons. The Morgan fingerprint density at radius 1 is 1.38 bits per heavy atom. The predicted octanol–water partition coefficient (Wildman–Crippen LogP) is 1.60. The zero-order chi connectivity index (χ0) is 18.3. The molecule has 9 nitrogen and oxygen atoms in total. The van der Waals surface area contributed by atoms with Crippen LogP contribution in [-0.2, 0) is 9.59 Å². The summed E-state index contributed by atoms with van der Waals surface area (Å²) in [5.74, 6) is -1.41. The summed E-state index contributed by atoms with van der Waals surface area (Å²) in [6.07, 6.45) is 0.298. The van der Waals surface area contributed by atoms with Gasteiger partial charge in [0.1, 0.15) is 11.8 Å². The standard InChI is InChI=1S/C15H20N2O7/c1-9(2)6-11(15(19)20)16-14(18)8-24-10-4-5-12(17(21)22)13(7-10)23-3/h4-5,7,9,11H,6,8H2,1-3H3,(H,16,18)(H,19,20)/t11-/m0/s1. The van der Waals surface area contributed by atoms with E-state index in [1.165, 1.54) is 25.3 Å². The first-order valence-electron chi connectivity index (χ1n) is 7.22. The number of nitro benzene ring substituents is 1. The van der Waals surface area contributed by atoms with Crippen LogP contribution < -0.4 is 14.8 Å². The third-order valence-electron chi connectivity index (χ3n) is 3.06. The lowest BCUT2D eigenvalue weighted by atomic mass is 10.0. The first-order chi connectivity index (χ1) is 11.2. The summed E-state index contributed by atoms with van der Waals surface area (Å²) in [4.78, 5) is 33.1. The van der Waals surface area contributed by atoms with Gasteiger partial charge in [-0.2, -0.15) is 0 Å². The van der Waals surface area contributed by atoms with Crippen molar-refractivity contribution < 1.29 is 29.1 Å². The molecule has 0 heterocycles. The van der Waals surface area contributed by atoms with Crippen molar-refractivity contribution >= 4 is 17.6 Å². The molecule has 1 aromatic rings. The molecule has 0 saturated heterocycles. The van der Waals surface area contributed by atoms with E-state index in [1.807, 2.05) is 13.8 Å². The third-order valence-corrected chi connectivity index (χ3v) is 3.06. The Morgan fingerprint density at radius 3 is 2.54 bits per heavy atom. The van der Waals surface area contributed by atoms with E-state index in [1.54, 1.807) is 0 Å². The average Bonchev–Trinajstić information content (AvgIpc) is 2.51. The summed E-state index contributed by atoms with van der Waals surface area (Å²) in [6.45, 7) is 3.28. The SMILES string of the molecule is COc1cc(OCC(=O)N[C@@H](CC(C)C)C(=O)O)ccc1[N+](=O)[O-]. The van der Waals surface area contributed by atoms with Crippen molar-refractivity contribution in [3.05, 3.63) is 28.3 Å². The summed E-state index contributed by atoms with van der Waals surface area (Å²) in [6, 6.07) is 2.82. The molecule has 0 aliphatic heterocycles. The number of benzene rings is 1. The maximum absolute atomic E-state index is 11.8. The number of carboxylic acids is 1. The molecule has 0 aromatic heterocycles. The Kier molecular flexibility index (Phi) is 6.97. The fourth-order valence-electron chi connectivity index (χ4n) is 1.98. The summed E-state index contributed by atoms with van der Waals surface area (Å²) in [5.41, 5.74) is -0.225. The van der Waals surface area contributed by atoms with E-state index in [9.17, 15) is 19.7 Å². The molecule has 1 aromatic carbocycles. The third kappa shape index (κ3) is 5.75. The number of nitro groups is 1. The Balaban J connectivity index is 2.66. The van der Waals surface area contributed by atoms with Gasteiger partial charge < -0.3 is 19.9 Å². The highest BCUT2D eigenvalue weighted by atomic mass is 16.6. The molecule has 0 aliphatic carbocycles. The number of carbonyl (C=O) groups is 2. The van der Waals surface area contributed by atoms with Gasteiger partial charge in [-0.15, -0.1) is 0 Å². The summed E-state index contributed by atoms with van der Waals surface area (Å²) < 4.78 is 10.1. The number of rotatable bonds is 9. The molecule has 0 spiro atoms. The van der Waals surface area contributed by atoms with E-state index in [-0.39, 0.29) is 23.1 Å². The van der Waals surface area contributed by atoms with Crippen LogP contribution in [0.15, 0.2) is 18.2 Å². The van der Waals surface area contributed by atoms with Gasteiger partial charge in [0, 0.05) is 12.1 Å². The zero-order valence-corrected chi connectivity index (χ0v) is 13.6. The van der Waals surface area contributed by atoms with Gasteiger partial charge in [-0.05, 0) is 18.4 Å². The smallest absolute Gasteiger partial charge is 0.326 e. The van der Waals surface area contributed by atoms with Crippen LogP contribution in [0.5, 0.6) is 11.5 Å². The van der Waals surface area contributed by atoms with Crippen molar-refractivity contribution in [2.75, 3.05) is 13.7 Å². The molecule has 1 rings (SSSR count). The fourth-order valence-corrected chi connectivity index (χ4v) is 1.98. The number of carboxylic acid groups (broad SMARTS) is 1. The molecular weight excluding hydrogens is 320 g/mol. The molecular formula is C15H20N2O7. The summed E-state index contributed by atoms with van der Waals surface area (Å²) >= 11 is 0. The monoisotopic (exact) mass is 340 g/mol. The Labute approximate surface area is 138 Å². The van der Waals surface area contributed by atoms with E-state index in [0.717, 1.165) is 0 Å². The highest BCUT2D eigenvalue weighted by Gasteiger charge is 2.21. The second kappa shape index (κ2) is 8.70. The van der Waals surface area contributed by atoms with E-state index in [0.29, 0.717) is 6.42 Å². The van der Waals surface area contributed by atoms with E-state index >= 15 is 0 Å². The fraction of sp³-hybridized carbons (Fsp3) is 0.467. The zero-order valence-electron chi connectivity index (χ0n) is 13.6. The minimum atomic E-state index is -1.12. The maximum atomic E-state index is 11.8. The molecule has 0 bridgehead atoms. The lowest BCUT2D eigenvalue weighted by molar-refractivity contribution is -0.385. The second-order valence-corrected chi connectivity index (χ2v) is 5.47. The van der Waals surface area contributed by atoms with Crippen molar-refractivity contribution in [3.8, 4) is 11.5 Å². The minimum Gasteiger partial charge on any atom is -0.490 e. The molecule has 24 heavy (non-hydrogen) atoms. The van der Waals surface area contributed by atoms with Crippen LogP contribution in [0.3, 0.4) is 0 Å². The van der Waals surface area contributed by atoms with Gasteiger partial charge in [0.05, 0.1) is 12.0 Å². The van der Waals surface area contributed by atoms with Crippen molar-refractivity contribution in [1.29, 1.82) is 0 Å². The van der Waals surface area contributed by atoms with Gasteiger partial charge in [0.25, 0.3) is 5.91 Å². The van der Waals surface area contributed by atoms with E-state index < -0.39 is 29.4 Å². The number of hydrogen-bond donors (Lipinski definition) is 2. The van der Waals surface area contributed by atoms with Crippen molar-refractivity contribution in [1.82, 2.24) is 5.32 Å². The highest BCUT2D eigenvalue weighted by Crippen LogP contribution is 2.30. The molecule has 0 aliphatic rings. The van der Waals surface area contributed by atoms with Gasteiger partial charge in [0.2, 0.25) is 5.75 Å². The largest absolute Gasteiger partial charge is 0.490 e. The number of ether oxygens (including phenoxy) is 2. The number of methoxy groups -OCH3 is 1. The Morgan fingerprint density at radius 2 is 2.04 bits per heavy atom. The van der Waals surface area contributed by atoms with E-state index in [4.69, 9.17) is 14.6 Å². The highest BCUT2D eigenvalue weighted by molar-refractivity contribution is 5.84. The Hall–Kier alpha value is -2.84. The van der Waals surface area contributed by atoms with E-state index in [2.05, 4.69) is 5.32 Å². The lowest BCUT2D eigenvalue weighted by Crippen LogP contribution is -2.43. The molecule has 0 fully saturated rings. The van der Waals surface area contributed by atoms with Crippen molar-refractivity contribution in [3.63, 3.8) is 0 Å². The number of hydrogen-bond acceptors (Lipinski definition) is 6. The molecule has 1 atom stereocenters. The van der Waals surface area contributed by atoms with Gasteiger partial charge in [0.15, 0.2) is 6.61 Å². The van der Waals surface area contributed by atoms with Crippen LogP contribution in [0, 0.1) is 16.0 Å². The molecule has 1 amide bonds. The average molecular weight is 340 g/mol. The molecule has 0 unspecified atom stereocenters. The van der Waals surface area contributed by atoms with Crippen molar-refractivity contribution in [2.45, 2.75) is 26.3 Å². The van der Waals surface area contributed by atoms with Gasteiger partial charge in [-0.1, -0.05) is 13.8 Å². The van der Waals surface area contributed by atoms with Crippen LogP contribution in [0.2, 0.25) is 0 Å². The first kappa shape index (κ1) is 19.2. The molecule has 2 N–H and O–H groups in total. The van der Waals surface area contributed by atoms with Crippen LogP contribution in [-0.4, -0.2) is 41.7 Å². The summed E-state index contributed by atoms with van der Waals surface area (Å²) in [7, 11) is 1.28. The van der Waals surface area contributed by atoms with Gasteiger partial charge in [-0.3, -0.25) is 14.9 Å². The van der Waals surface area contributed by atoms with Crippen LogP contribution in [0.4, 0.5) is 5.69 Å². The lowest BCUT2D eigenvalue weighted by Gasteiger charge is -2.16. The minimum absolute atomic E-state index is 0.00104. The molecule has 132 valence electrons. The normalized spacial score (nSPS) is 11.7. The van der Waals surface area contributed by atoms with Crippen LogP contribution in [0.25, 0.3) is 0 Å². The molecule has 0 saturated carbocycles. The summed E-state index contributed by atoms with van der Waals surface area (Å²) in [5, 5.41) is 22.2. The molecule has 9 heteroatoms. The number of nitrogens with one attached hydrogen (secondary N) is 1. The predicted molar refractivity (Wildman–Crippen MR) is 84.2 cm³/mol. The van der Waals surface area contributed by atoms with Gasteiger partial charge >= 0.3 is 11.7 Å². The van der Waals surface area contributed by atoms with Gasteiger partial charge in [-0.25, -0.2) is 4.79 Å². The number of nitrogens with zero attached hydrogens (tertiary/aromatic N) is 1. The Bertz CT molecular complexity index is 616. The quantitative estimate of drug-likeness (QED) is 0.516. The number of amides is 1. The van der Waals surface area contributed by atoms with Crippen LogP contribution in [0.1, 0.15) is 20.3 Å². The second-order valence-electron chi connectivity index (χ2n) is 5.47. The number of aliphatic carboxylic acids is 1. The maximum Gasteiger partial charge on any atom is 0.326 e.